The van der Waals surface area contributed by atoms with E-state index in [0.717, 1.165) is 35.1 Å². The number of benzene rings is 2. The highest BCUT2D eigenvalue weighted by atomic mass is 16.5. The molecule has 186 valence electrons. The van der Waals surface area contributed by atoms with Gasteiger partial charge >= 0.3 is 12.1 Å². The fraction of sp³-hybridized carbons (Fsp3) is 0.444. The van der Waals surface area contributed by atoms with Gasteiger partial charge in [0.15, 0.2) is 0 Å². The maximum atomic E-state index is 12.8. The van der Waals surface area contributed by atoms with Gasteiger partial charge < -0.3 is 25.2 Å². The Bertz CT molecular complexity index is 1020. The number of aliphatic carboxylic acids is 1. The van der Waals surface area contributed by atoms with E-state index in [2.05, 4.69) is 34.9 Å². The predicted molar refractivity (Wildman–Crippen MR) is 130 cm³/mol. The van der Waals surface area contributed by atoms with E-state index in [9.17, 15) is 14.4 Å². The Morgan fingerprint density at radius 1 is 1.03 bits per heavy atom. The predicted octanol–water partition coefficient (Wildman–Crippen LogP) is 3.69. The lowest BCUT2D eigenvalue weighted by Gasteiger charge is -2.21. The number of rotatable bonds is 12. The average Bonchev–Trinajstić information content (AvgIpc) is 3.61. The number of alkyl carbamates (subject to hydrolysis) is 1. The van der Waals surface area contributed by atoms with Gasteiger partial charge in [-0.15, -0.1) is 0 Å². The van der Waals surface area contributed by atoms with E-state index < -0.39 is 24.2 Å². The number of fused-ring (bicyclic) bond motifs is 3. The molecule has 2 unspecified atom stereocenters. The van der Waals surface area contributed by atoms with Crippen LogP contribution in [0, 0.1) is 5.92 Å². The second-order valence-corrected chi connectivity index (χ2v) is 9.12. The van der Waals surface area contributed by atoms with Gasteiger partial charge in [-0.25, -0.2) is 4.79 Å². The summed E-state index contributed by atoms with van der Waals surface area (Å²) >= 11 is 0. The van der Waals surface area contributed by atoms with Crippen LogP contribution in [0.4, 0.5) is 4.79 Å². The van der Waals surface area contributed by atoms with Crippen LogP contribution in [-0.4, -0.2) is 55.0 Å². The molecule has 8 nitrogen and oxygen atoms in total. The van der Waals surface area contributed by atoms with Crippen molar-refractivity contribution in [1.29, 1.82) is 0 Å². The standard InChI is InChI=1S/C27H32N2O6/c1-2-34-18(14-25(30)31)15-28-26(32)24(13-17-11-12-17)29-27(33)35-16-23-21-9-5-3-7-19(21)20-8-4-6-10-22(20)23/h3-10,17-18,23-24H,2,11-16H2,1H3,(H,28,32)(H,29,33)(H,30,31). The number of carboxylic acids is 1. The second kappa shape index (κ2) is 11.4. The van der Waals surface area contributed by atoms with E-state index in [1.54, 1.807) is 6.92 Å². The summed E-state index contributed by atoms with van der Waals surface area (Å²) in [4.78, 5) is 36.6. The minimum Gasteiger partial charge on any atom is -0.481 e. The number of carboxylic acid groups (broad SMARTS) is 1. The van der Waals surface area contributed by atoms with E-state index in [4.69, 9.17) is 14.6 Å². The lowest BCUT2D eigenvalue weighted by atomic mass is 9.98. The summed E-state index contributed by atoms with van der Waals surface area (Å²) in [7, 11) is 0. The third kappa shape index (κ3) is 6.39. The number of hydrogen-bond donors (Lipinski definition) is 3. The van der Waals surface area contributed by atoms with Crippen molar-refractivity contribution in [3.63, 3.8) is 0 Å². The van der Waals surface area contributed by atoms with Gasteiger partial charge in [-0.3, -0.25) is 9.59 Å². The van der Waals surface area contributed by atoms with E-state index in [1.165, 1.54) is 0 Å². The van der Waals surface area contributed by atoms with Crippen molar-refractivity contribution in [3.8, 4) is 11.1 Å². The fourth-order valence-electron chi connectivity index (χ4n) is 4.66. The summed E-state index contributed by atoms with van der Waals surface area (Å²) in [5, 5.41) is 14.5. The van der Waals surface area contributed by atoms with E-state index >= 15 is 0 Å². The number of amides is 2. The first-order valence-corrected chi connectivity index (χ1v) is 12.2. The number of ether oxygens (including phenoxy) is 2. The SMILES string of the molecule is CCOC(CNC(=O)C(CC1CC1)NC(=O)OCC1c2ccccc2-c2ccccc21)CC(=O)O. The molecule has 2 aliphatic rings. The smallest absolute Gasteiger partial charge is 0.407 e. The molecule has 2 aromatic carbocycles. The highest BCUT2D eigenvalue weighted by molar-refractivity contribution is 5.86. The van der Waals surface area contributed by atoms with Crippen molar-refractivity contribution in [2.75, 3.05) is 19.8 Å². The van der Waals surface area contributed by atoms with Crippen LogP contribution in [-0.2, 0) is 19.1 Å². The average molecular weight is 481 g/mol. The summed E-state index contributed by atoms with van der Waals surface area (Å²) < 4.78 is 11.0. The van der Waals surface area contributed by atoms with Crippen LogP contribution in [0.1, 0.15) is 49.7 Å². The number of carbonyl (C=O) groups is 3. The van der Waals surface area contributed by atoms with Crippen LogP contribution in [0.5, 0.6) is 0 Å². The zero-order valence-electron chi connectivity index (χ0n) is 19.9. The Morgan fingerprint density at radius 2 is 1.66 bits per heavy atom. The molecule has 0 aromatic heterocycles. The maximum absolute atomic E-state index is 12.8. The molecule has 1 fully saturated rings. The molecule has 4 rings (SSSR count). The van der Waals surface area contributed by atoms with Gasteiger partial charge in [0, 0.05) is 19.1 Å². The molecule has 2 amide bonds. The molecule has 2 aromatic rings. The van der Waals surface area contributed by atoms with Crippen LogP contribution in [0.3, 0.4) is 0 Å². The van der Waals surface area contributed by atoms with Crippen LogP contribution in [0.2, 0.25) is 0 Å². The molecule has 2 aliphatic carbocycles. The minimum absolute atomic E-state index is 0.0620. The summed E-state index contributed by atoms with van der Waals surface area (Å²) in [6.45, 7) is 2.34. The largest absolute Gasteiger partial charge is 0.481 e. The molecule has 0 spiro atoms. The molecule has 0 aliphatic heterocycles. The third-order valence-corrected chi connectivity index (χ3v) is 6.53. The van der Waals surface area contributed by atoms with Crippen LogP contribution in [0.25, 0.3) is 11.1 Å². The van der Waals surface area contributed by atoms with E-state index in [0.29, 0.717) is 18.9 Å². The lowest BCUT2D eigenvalue weighted by Crippen LogP contribution is -2.49. The number of carbonyl (C=O) groups excluding carboxylic acids is 2. The van der Waals surface area contributed by atoms with E-state index in [-0.39, 0.29) is 31.4 Å². The maximum Gasteiger partial charge on any atom is 0.407 e. The van der Waals surface area contributed by atoms with Crippen LogP contribution in [0.15, 0.2) is 48.5 Å². The van der Waals surface area contributed by atoms with Gasteiger partial charge in [-0.1, -0.05) is 61.4 Å². The minimum atomic E-state index is -0.996. The molecular formula is C27H32N2O6. The summed E-state index contributed by atoms with van der Waals surface area (Å²) in [5.41, 5.74) is 4.53. The molecular weight excluding hydrogens is 448 g/mol. The molecule has 35 heavy (non-hydrogen) atoms. The van der Waals surface area contributed by atoms with Gasteiger partial charge in [0.2, 0.25) is 5.91 Å². The van der Waals surface area contributed by atoms with Crippen molar-refractivity contribution in [2.24, 2.45) is 5.92 Å². The van der Waals surface area contributed by atoms with Crippen molar-refractivity contribution >= 4 is 18.0 Å². The molecule has 8 heteroatoms. The monoisotopic (exact) mass is 480 g/mol. The summed E-state index contributed by atoms with van der Waals surface area (Å²) in [6.07, 6.45) is 1.10. The van der Waals surface area contributed by atoms with Crippen molar-refractivity contribution < 1.29 is 29.0 Å². The van der Waals surface area contributed by atoms with Gasteiger partial charge in [-0.05, 0) is 41.5 Å². The third-order valence-electron chi connectivity index (χ3n) is 6.53. The molecule has 0 bridgehead atoms. The van der Waals surface area contributed by atoms with Crippen molar-refractivity contribution in [3.05, 3.63) is 59.7 Å². The van der Waals surface area contributed by atoms with Gasteiger partial charge in [0.05, 0.1) is 12.5 Å². The zero-order valence-corrected chi connectivity index (χ0v) is 19.9. The topological polar surface area (TPSA) is 114 Å². The van der Waals surface area contributed by atoms with Crippen LogP contribution >= 0.6 is 0 Å². The molecule has 3 N–H and O–H groups in total. The summed E-state index contributed by atoms with van der Waals surface area (Å²) in [6, 6.07) is 15.5. The van der Waals surface area contributed by atoms with Crippen molar-refractivity contribution in [1.82, 2.24) is 10.6 Å². The lowest BCUT2D eigenvalue weighted by molar-refractivity contribution is -0.140. The Labute approximate surface area is 205 Å². The van der Waals surface area contributed by atoms with Crippen LogP contribution < -0.4 is 10.6 Å². The molecule has 0 saturated heterocycles. The molecule has 0 radical (unpaired) electrons. The molecule has 2 atom stereocenters. The zero-order chi connectivity index (χ0) is 24.8. The number of hydrogen-bond acceptors (Lipinski definition) is 5. The van der Waals surface area contributed by atoms with Crippen molar-refractivity contribution in [2.45, 2.75) is 50.7 Å². The highest BCUT2D eigenvalue weighted by Gasteiger charge is 2.32. The fourth-order valence-corrected chi connectivity index (χ4v) is 4.66. The van der Waals surface area contributed by atoms with Gasteiger partial charge in [0.1, 0.15) is 12.6 Å². The quantitative estimate of drug-likeness (QED) is 0.427. The second-order valence-electron chi connectivity index (χ2n) is 9.12. The first kappa shape index (κ1) is 24.7. The Morgan fingerprint density at radius 3 is 2.23 bits per heavy atom. The number of nitrogens with one attached hydrogen (secondary N) is 2. The highest BCUT2D eigenvalue weighted by Crippen LogP contribution is 2.44. The molecule has 1 saturated carbocycles. The first-order chi connectivity index (χ1) is 17.0. The molecule has 0 heterocycles. The Kier molecular flexibility index (Phi) is 8.02. The normalized spacial score (nSPS) is 16.0. The Hall–Kier alpha value is -3.39. The van der Waals surface area contributed by atoms with E-state index in [1.807, 2.05) is 24.3 Å². The summed E-state index contributed by atoms with van der Waals surface area (Å²) in [5.74, 6) is -1.03. The Balaban J connectivity index is 1.35. The first-order valence-electron chi connectivity index (χ1n) is 12.2. The van der Waals surface area contributed by atoms with Gasteiger partial charge in [-0.2, -0.15) is 0 Å². The van der Waals surface area contributed by atoms with Gasteiger partial charge in [0.25, 0.3) is 0 Å².